The molecule has 0 unspecified atom stereocenters. The van der Waals surface area contributed by atoms with Gasteiger partial charge in [0.1, 0.15) is 12.2 Å². The Morgan fingerprint density at radius 1 is 1.43 bits per heavy atom. The lowest BCUT2D eigenvalue weighted by Crippen LogP contribution is -2.36. The lowest BCUT2D eigenvalue weighted by molar-refractivity contribution is -0.142. The minimum atomic E-state index is -0.598. The van der Waals surface area contributed by atoms with E-state index >= 15 is 0 Å². The molecule has 1 saturated heterocycles. The Kier molecular flexibility index (Phi) is 5.23. The third-order valence-corrected chi connectivity index (χ3v) is 2.89. The van der Waals surface area contributed by atoms with E-state index in [0.717, 1.165) is 4.90 Å². The molecule has 9 nitrogen and oxygen atoms in total. The van der Waals surface area contributed by atoms with Gasteiger partial charge in [0.2, 0.25) is 6.29 Å². The van der Waals surface area contributed by atoms with Crippen molar-refractivity contribution in [2.45, 2.75) is 26.7 Å². The number of carbonyl (C=O) groups is 2. The number of nitrogens with one attached hydrogen (secondary N) is 1. The summed E-state index contributed by atoms with van der Waals surface area (Å²) in [4.78, 5) is 24.5. The van der Waals surface area contributed by atoms with Gasteiger partial charge in [0, 0.05) is 26.3 Å². The van der Waals surface area contributed by atoms with E-state index in [1.54, 1.807) is 6.20 Å². The zero-order chi connectivity index (χ0) is 15.2. The summed E-state index contributed by atoms with van der Waals surface area (Å²) in [5.41, 5.74) is 0.498. The molecule has 0 aliphatic carbocycles. The van der Waals surface area contributed by atoms with Crippen LogP contribution in [-0.4, -0.2) is 58.1 Å². The molecule has 0 spiro atoms. The standard InChI is InChI=1S/C12H19N5O4/c1-3-20-11(21-4-2)9-7-16(15-14-9)8-10(18)17-6-5-13-12(17)19/h7,11H,3-6,8H2,1-2H3,(H,13,19). The molecule has 9 heteroatoms. The van der Waals surface area contributed by atoms with E-state index in [9.17, 15) is 9.59 Å². The molecule has 1 fully saturated rings. The summed E-state index contributed by atoms with van der Waals surface area (Å²) in [5, 5.41) is 10.4. The first-order chi connectivity index (χ1) is 10.2. The monoisotopic (exact) mass is 297 g/mol. The quantitative estimate of drug-likeness (QED) is 0.706. The first-order valence-corrected chi connectivity index (χ1v) is 6.87. The normalized spacial score (nSPS) is 14.8. The van der Waals surface area contributed by atoms with E-state index in [1.807, 2.05) is 13.8 Å². The van der Waals surface area contributed by atoms with Gasteiger partial charge in [-0.15, -0.1) is 5.10 Å². The van der Waals surface area contributed by atoms with Gasteiger partial charge in [-0.25, -0.2) is 9.48 Å². The maximum Gasteiger partial charge on any atom is 0.324 e. The number of imide groups is 1. The van der Waals surface area contributed by atoms with Crippen LogP contribution in [0.1, 0.15) is 25.8 Å². The molecule has 2 rings (SSSR count). The number of carbonyl (C=O) groups excluding carboxylic acids is 2. The van der Waals surface area contributed by atoms with Crippen molar-refractivity contribution in [3.05, 3.63) is 11.9 Å². The average Bonchev–Trinajstić information content (AvgIpc) is 3.07. The number of hydrogen-bond donors (Lipinski definition) is 1. The number of aromatic nitrogens is 3. The first-order valence-electron chi connectivity index (χ1n) is 6.87. The molecule has 116 valence electrons. The van der Waals surface area contributed by atoms with Gasteiger partial charge in [0.05, 0.1) is 6.20 Å². The van der Waals surface area contributed by atoms with E-state index in [0.29, 0.717) is 32.0 Å². The molecule has 2 heterocycles. The highest BCUT2D eigenvalue weighted by Gasteiger charge is 2.26. The number of nitrogens with zero attached hydrogens (tertiary/aromatic N) is 4. The summed E-state index contributed by atoms with van der Waals surface area (Å²) in [6.07, 6.45) is 0.987. The van der Waals surface area contributed by atoms with Gasteiger partial charge in [0.15, 0.2) is 0 Å². The number of urea groups is 1. The zero-order valence-corrected chi connectivity index (χ0v) is 12.1. The van der Waals surface area contributed by atoms with Crippen molar-refractivity contribution in [3.8, 4) is 0 Å². The number of amides is 3. The third-order valence-electron chi connectivity index (χ3n) is 2.89. The summed E-state index contributed by atoms with van der Waals surface area (Å²) in [7, 11) is 0. The molecule has 1 aliphatic rings. The molecule has 0 atom stereocenters. The van der Waals surface area contributed by atoms with Crippen LogP contribution in [-0.2, 0) is 20.8 Å². The number of rotatable bonds is 7. The Morgan fingerprint density at radius 3 is 2.71 bits per heavy atom. The second kappa shape index (κ2) is 7.14. The van der Waals surface area contributed by atoms with Crippen molar-refractivity contribution in [3.63, 3.8) is 0 Å². The molecule has 1 aromatic heterocycles. The van der Waals surface area contributed by atoms with Gasteiger partial charge in [-0.3, -0.25) is 9.69 Å². The minimum Gasteiger partial charge on any atom is -0.347 e. The molecule has 0 radical (unpaired) electrons. The first kappa shape index (κ1) is 15.4. The average molecular weight is 297 g/mol. The summed E-state index contributed by atoms with van der Waals surface area (Å²) < 4.78 is 12.2. The predicted octanol–water partition coefficient (Wildman–Crippen LogP) is -0.0985. The van der Waals surface area contributed by atoms with Crippen LogP contribution < -0.4 is 5.32 Å². The number of hydrogen-bond acceptors (Lipinski definition) is 6. The van der Waals surface area contributed by atoms with Crippen molar-refractivity contribution in [1.29, 1.82) is 0 Å². The maximum absolute atomic E-state index is 12.0. The van der Waals surface area contributed by atoms with Crippen LogP contribution in [0.4, 0.5) is 4.79 Å². The van der Waals surface area contributed by atoms with E-state index in [4.69, 9.17) is 9.47 Å². The molecule has 21 heavy (non-hydrogen) atoms. The van der Waals surface area contributed by atoms with Crippen LogP contribution in [0.2, 0.25) is 0 Å². The van der Waals surface area contributed by atoms with Crippen LogP contribution >= 0.6 is 0 Å². The van der Waals surface area contributed by atoms with Gasteiger partial charge < -0.3 is 14.8 Å². The SMILES string of the molecule is CCOC(OCC)c1cn(CC(=O)N2CCNC2=O)nn1. The highest BCUT2D eigenvalue weighted by molar-refractivity contribution is 5.95. The maximum atomic E-state index is 12.0. The second-order valence-electron chi connectivity index (χ2n) is 4.36. The molecule has 1 N–H and O–H groups in total. The third kappa shape index (κ3) is 3.76. The highest BCUT2D eigenvalue weighted by Crippen LogP contribution is 2.15. The summed E-state index contributed by atoms with van der Waals surface area (Å²) in [5.74, 6) is -0.328. The smallest absolute Gasteiger partial charge is 0.324 e. The Hall–Kier alpha value is -2.00. The number of ether oxygens (including phenoxy) is 2. The summed E-state index contributed by atoms with van der Waals surface area (Å²) >= 11 is 0. The van der Waals surface area contributed by atoms with E-state index in [1.165, 1.54) is 4.68 Å². The molecule has 0 saturated carbocycles. The summed E-state index contributed by atoms with van der Waals surface area (Å²) in [6.45, 7) is 5.46. The lowest BCUT2D eigenvalue weighted by atomic mass is 10.4. The van der Waals surface area contributed by atoms with E-state index < -0.39 is 6.29 Å². The fourth-order valence-electron chi connectivity index (χ4n) is 1.95. The van der Waals surface area contributed by atoms with Crippen molar-refractivity contribution < 1.29 is 19.1 Å². The Bertz CT molecular complexity index is 498. The van der Waals surface area contributed by atoms with Crippen molar-refractivity contribution in [2.24, 2.45) is 0 Å². The second-order valence-corrected chi connectivity index (χ2v) is 4.36. The molecule has 3 amide bonds. The van der Waals surface area contributed by atoms with Crippen LogP contribution in [0.3, 0.4) is 0 Å². The molecule has 1 aliphatic heterocycles. The fraction of sp³-hybridized carbons (Fsp3) is 0.667. The van der Waals surface area contributed by atoms with Crippen LogP contribution in [0.25, 0.3) is 0 Å². The molecule has 0 aromatic carbocycles. The largest absolute Gasteiger partial charge is 0.347 e. The zero-order valence-electron chi connectivity index (χ0n) is 12.1. The minimum absolute atomic E-state index is 0.0502. The van der Waals surface area contributed by atoms with Crippen LogP contribution in [0.5, 0.6) is 0 Å². The van der Waals surface area contributed by atoms with Gasteiger partial charge >= 0.3 is 6.03 Å². The van der Waals surface area contributed by atoms with Crippen molar-refractivity contribution >= 4 is 11.9 Å². The Morgan fingerprint density at radius 2 is 2.14 bits per heavy atom. The molecular formula is C12H19N5O4. The van der Waals surface area contributed by atoms with Crippen molar-refractivity contribution in [2.75, 3.05) is 26.3 Å². The van der Waals surface area contributed by atoms with Crippen molar-refractivity contribution in [1.82, 2.24) is 25.2 Å². The highest BCUT2D eigenvalue weighted by atomic mass is 16.7. The lowest BCUT2D eigenvalue weighted by Gasteiger charge is -2.13. The van der Waals surface area contributed by atoms with Gasteiger partial charge in [-0.2, -0.15) is 0 Å². The van der Waals surface area contributed by atoms with Gasteiger partial charge in [-0.05, 0) is 13.8 Å². The van der Waals surface area contributed by atoms with Gasteiger partial charge in [-0.1, -0.05) is 5.21 Å². The van der Waals surface area contributed by atoms with E-state index in [2.05, 4.69) is 15.6 Å². The van der Waals surface area contributed by atoms with Crippen LogP contribution in [0.15, 0.2) is 6.20 Å². The molecular weight excluding hydrogens is 278 g/mol. The van der Waals surface area contributed by atoms with Crippen LogP contribution in [0, 0.1) is 0 Å². The fourth-order valence-corrected chi connectivity index (χ4v) is 1.95. The Labute approximate surface area is 122 Å². The topological polar surface area (TPSA) is 98.6 Å². The summed E-state index contributed by atoms with van der Waals surface area (Å²) in [6, 6.07) is -0.373. The van der Waals surface area contributed by atoms with E-state index in [-0.39, 0.29) is 18.5 Å². The van der Waals surface area contributed by atoms with Gasteiger partial charge in [0.25, 0.3) is 5.91 Å². The molecule has 1 aromatic rings. The Balaban J connectivity index is 1.98. The predicted molar refractivity (Wildman–Crippen MR) is 71.1 cm³/mol. The molecule has 0 bridgehead atoms.